The fourth-order valence-corrected chi connectivity index (χ4v) is 3.32. The number of carbonyl (C=O) groups is 1. The number of hydrogen-bond acceptors (Lipinski definition) is 6. The van der Waals surface area contributed by atoms with Gasteiger partial charge in [-0.1, -0.05) is 29.8 Å². The lowest BCUT2D eigenvalue weighted by Crippen LogP contribution is -2.37. The molecule has 0 heterocycles. The number of hydrogen-bond donors (Lipinski definition) is 3. The maximum absolute atomic E-state index is 12.5. The summed E-state index contributed by atoms with van der Waals surface area (Å²) in [6, 6.07) is 10.8. The van der Waals surface area contributed by atoms with Crippen LogP contribution in [0, 0.1) is 24.7 Å². The topological polar surface area (TPSA) is 122 Å². The molecule has 2 rings (SSSR count). The van der Waals surface area contributed by atoms with Crippen molar-refractivity contribution in [3.63, 3.8) is 0 Å². The molecule has 0 atom stereocenters. The number of amidine groups is 1. The Kier molecular flexibility index (Phi) is 5.56. The normalized spacial score (nSPS) is 11.0. The zero-order chi connectivity index (χ0) is 19.5. The van der Waals surface area contributed by atoms with Crippen molar-refractivity contribution in [3.8, 4) is 5.75 Å². The summed E-state index contributed by atoms with van der Waals surface area (Å²) in [6.07, 6.45) is 0.715. The molecule has 0 radical (unpaired) electrons. The molecule has 0 aliphatic rings. The number of sulfone groups is 1. The number of rotatable bonds is 5. The van der Waals surface area contributed by atoms with Gasteiger partial charge in [-0.3, -0.25) is 20.5 Å². The van der Waals surface area contributed by atoms with Gasteiger partial charge in [0.15, 0.2) is 5.78 Å². The Bertz CT molecular complexity index is 966. The van der Waals surface area contributed by atoms with E-state index in [2.05, 4.69) is 0 Å². The third-order valence-electron chi connectivity index (χ3n) is 3.81. The van der Waals surface area contributed by atoms with Crippen LogP contribution in [0.3, 0.4) is 0 Å². The Morgan fingerprint density at radius 3 is 2.31 bits per heavy atom. The highest BCUT2D eigenvalue weighted by Crippen LogP contribution is 2.19. The third kappa shape index (κ3) is 4.15. The van der Waals surface area contributed by atoms with Gasteiger partial charge in [-0.15, -0.1) is 0 Å². The monoisotopic (exact) mass is 373 g/mol. The first-order valence-corrected chi connectivity index (χ1v) is 9.31. The molecule has 0 bridgehead atoms. The summed E-state index contributed by atoms with van der Waals surface area (Å²) in [4.78, 5) is 13.1. The van der Waals surface area contributed by atoms with Gasteiger partial charge in [0.25, 0.3) is 0 Å². The van der Waals surface area contributed by atoms with Crippen molar-refractivity contribution in [1.82, 2.24) is 0 Å². The SMILES string of the molecule is Cc1ccc(N(C=N)C(=N)S(=O)(=O)CC(=O)c2ccc(C)c(O)c2)cc1. The number of phenolic OH excluding ortho intramolecular Hbond substituents is 1. The lowest BCUT2D eigenvalue weighted by atomic mass is 10.1. The second-order valence-corrected chi connectivity index (χ2v) is 7.73. The fraction of sp³-hybridized carbons (Fsp3) is 0.167. The summed E-state index contributed by atoms with van der Waals surface area (Å²) in [6.45, 7) is 3.51. The minimum atomic E-state index is -4.27. The number of phenols is 1. The first-order chi connectivity index (χ1) is 12.2. The Balaban J connectivity index is 2.25. The van der Waals surface area contributed by atoms with Crippen LogP contribution >= 0.6 is 0 Å². The number of nitrogens with one attached hydrogen (secondary N) is 2. The first-order valence-electron chi connectivity index (χ1n) is 7.66. The molecule has 3 N–H and O–H groups in total. The van der Waals surface area contributed by atoms with E-state index < -0.39 is 26.5 Å². The van der Waals surface area contributed by atoms with Crippen molar-refractivity contribution < 1.29 is 18.3 Å². The summed E-state index contributed by atoms with van der Waals surface area (Å²) < 4.78 is 24.9. The van der Waals surface area contributed by atoms with E-state index in [1.54, 1.807) is 31.2 Å². The number of Topliss-reactive ketones (excluding diaryl/α,β-unsaturated/α-hetero) is 1. The van der Waals surface area contributed by atoms with Crippen LogP contribution in [0.15, 0.2) is 42.5 Å². The molecule has 0 spiro atoms. The molecule has 2 aromatic carbocycles. The summed E-state index contributed by atoms with van der Waals surface area (Å²) in [7, 11) is -4.27. The standard InChI is InChI=1S/C18H19N3O4S/c1-12-3-7-15(8-4-12)21(11-19)18(20)26(24,25)10-17(23)14-6-5-13(2)16(22)9-14/h3-9,11,19-20,22H,10H2,1-2H3. The third-order valence-corrected chi connectivity index (χ3v) is 5.23. The van der Waals surface area contributed by atoms with Crippen LogP contribution in [-0.4, -0.2) is 36.6 Å². The van der Waals surface area contributed by atoms with E-state index in [4.69, 9.17) is 10.8 Å². The van der Waals surface area contributed by atoms with Gasteiger partial charge in [-0.2, -0.15) is 0 Å². The summed E-state index contributed by atoms with van der Waals surface area (Å²) in [5.74, 6) is -1.77. The van der Waals surface area contributed by atoms with Gasteiger partial charge < -0.3 is 5.11 Å². The Morgan fingerprint density at radius 2 is 1.77 bits per heavy atom. The van der Waals surface area contributed by atoms with Crippen molar-refractivity contribution in [2.75, 3.05) is 10.7 Å². The summed E-state index contributed by atoms with van der Waals surface area (Å²) in [5.41, 5.74) is 1.88. The highest BCUT2D eigenvalue weighted by molar-refractivity contribution is 8.07. The lowest BCUT2D eigenvalue weighted by Gasteiger charge is -2.19. The van der Waals surface area contributed by atoms with Crippen LogP contribution in [0.25, 0.3) is 0 Å². The second-order valence-electron chi connectivity index (χ2n) is 5.82. The molecule has 8 heteroatoms. The number of anilines is 1. The molecular weight excluding hydrogens is 354 g/mol. The minimum Gasteiger partial charge on any atom is -0.508 e. The molecule has 0 amide bonds. The van der Waals surface area contributed by atoms with Crippen LogP contribution in [0.2, 0.25) is 0 Å². The van der Waals surface area contributed by atoms with Crippen LogP contribution < -0.4 is 4.90 Å². The van der Waals surface area contributed by atoms with Crippen LogP contribution in [0.5, 0.6) is 5.75 Å². The quantitative estimate of drug-likeness (QED) is 0.422. The number of ketones is 1. The van der Waals surface area contributed by atoms with Crippen molar-refractivity contribution in [2.45, 2.75) is 13.8 Å². The number of aryl methyl sites for hydroxylation is 2. The zero-order valence-corrected chi connectivity index (χ0v) is 15.2. The Morgan fingerprint density at radius 1 is 1.15 bits per heavy atom. The molecule has 0 saturated carbocycles. The van der Waals surface area contributed by atoms with Gasteiger partial charge in [0, 0.05) is 11.3 Å². The maximum Gasteiger partial charge on any atom is 0.226 e. The second kappa shape index (κ2) is 7.49. The van der Waals surface area contributed by atoms with Gasteiger partial charge in [-0.05, 0) is 37.6 Å². The van der Waals surface area contributed by atoms with Crippen LogP contribution in [-0.2, 0) is 9.84 Å². The average Bonchev–Trinajstić information content (AvgIpc) is 2.59. The van der Waals surface area contributed by atoms with E-state index in [-0.39, 0.29) is 11.3 Å². The van der Waals surface area contributed by atoms with E-state index in [9.17, 15) is 18.3 Å². The van der Waals surface area contributed by atoms with Gasteiger partial charge in [0.05, 0.1) is 6.34 Å². The molecule has 0 unspecified atom stereocenters. The molecule has 7 nitrogen and oxygen atoms in total. The predicted octanol–water partition coefficient (Wildman–Crippen LogP) is 2.65. The molecular formula is C18H19N3O4S. The number of aromatic hydroxyl groups is 1. The van der Waals surface area contributed by atoms with E-state index in [1.165, 1.54) is 18.2 Å². The highest BCUT2D eigenvalue weighted by Gasteiger charge is 2.28. The van der Waals surface area contributed by atoms with Gasteiger partial charge in [0.2, 0.25) is 15.0 Å². The van der Waals surface area contributed by atoms with Crippen LogP contribution in [0.1, 0.15) is 21.5 Å². The molecule has 136 valence electrons. The Labute approximate surface area is 151 Å². The molecule has 0 aliphatic heterocycles. The Hall–Kier alpha value is -3.00. The van der Waals surface area contributed by atoms with Crippen molar-refractivity contribution in [1.29, 1.82) is 10.8 Å². The smallest absolute Gasteiger partial charge is 0.226 e. The lowest BCUT2D eigenvalue weighted by molar-refractivity contribution is 0.102. The number of carbonyl (C=O) groups excluding carboxylic acids is 1. The first kappa shape index (κ1) is 19.3. The molecule has 0 fully saturated rings. The van der Waals surface area contributed by atoms with Gasteiger partial charge in [0.1, 0.15) is 11.5 Å². The molecule has 0 saturated heterocycles. The van der Waals surface area contributed by atoms with E-state index in [1.807, 2.05) is 6.92 Å². The van der Waals surface area contributed by atoms with E-state index in [0.717, 1.165) is 10.5 Å². The van der Waals surface area contributed by atoms with Gasteiger partial charge in [-0.25, -0.2) is 8.42 Å². The zero-order valence-electron chi connectivity index (χ0n) is 14.4. The predicted molar refractivity (Wildman–Crippen MR) is 101 cm³/mol. The van der Waals surface area contributed by atoms with Crippen LogP contribution in [0.4, 0.5) is 5.69 Å². The highest BCUT2D eigenvalue weighted by atomic mass is 32.2. The van der Waals surface area contributed by atoms with E-state index in [0.29, 0.717) is 17.6 Å². The van der Waals surface area contributed by atoms with Crippen molar-refractivity contribution >= 4 is 32.8 Å². The van der Waals surface area contributed by atoms with E-state index >= 15 is 0 Å². The summed E-state index contributed by atoms with van der Waals surface area (Å²) in [5, 5.41) is 24.2. The average molecular weight is 373 g/mol. The molecule has 26 heavy (non-hydrogen) atoms. The van der Waals surface area contributed by atoms with Crippen molar-refractivity contribution in [2.24, 2.45) is 0 Å². The largest absolute Gasteiger partial charge is 0.508 e. The number of nitrogens with zero attached hydrogens (tertiary/aromatic N) is 1. The number of benzene rings is 2. The molecule has 0 aliphatic carbocycles. The minimum absolute atomic E-state index is 0.0428. The maximum atomic E-state index is 12.5. The van der Waals surface area contributed by atoms with Gasteiger partial charge >= 0.3 is 0 Å². The summed E-state index contributed by atoms with van der Waals surface area (Å²) >= 11 is 0. The molecule has 2 aromatic rings. The fourth-order valence-electron chi connectivity index (χ4n) is 2.21. The van der Waals surface area contributed by atoms with Crippen molar-refractivity contribution in [3.05, 3.63) is 59.2 Å². The molecule has 0 aromatic heterocycles.